The maximum atomic E-state index is 10.3. The van der Waals surface area contributed by atoms with Gasteiger partial charge in [0.25, 0.3) is 0 Å². The van der Waals surface area contributed by atoms with Gasteiger partial charge in [-0.05, 0) is 6.08 Å². The van der Waals surface area contributed by atoms with Crippen LogP contribution in [-0.4, -0.2) is 17.4 Å². The van der Waals surface area contributed by atoms with Gasteiger partial charge in [0.1, 0.15) is 6.61 Å². The van der Waals surface area contributed by atoms with Crippen molar-refractivity contribution in [2.75, 3.05) is 6.61 Å². The van der Waals surface area contributed by atoms with Crippen molar-refractivity contribution in [2.45, 2.75) is 0 Å². The van der Waals surface area contributed by atoms with Crippen LogP contribution in [0.3, 0.4) is 0 Å². The van der Waals surface area contributed by atoms with E-state index >= 15 is 0 Å². The number of amides is 1. The van der Waals surface area contributed by atoms with Crippen molar-refractivity contribution < 1.29 is 27.7 Å². The Bertz CT molecular complexity index is 266. The lowest BCUT2D eigenvalue weighted by atomic mass is 10.6. The summed E-state index contributed by atoms with van der Waals surface area (Å²) in [5.41, 5.74) is 4.53. The molecule has 0 radical (unpaired) electrons. The van der Waals surface area contributed by atoms with E-state index in [1.165, 1.54) is 6.08 Å². The standard InChI is InChI=1S/C3H5NO.C3H5O5P2/c1-2-3(4)5;1-2-3-7-10(6)8-9(4)5/h2H,1H2,(H2,4,5);2H,1,3H2/q;+1/p+1. The predicted octanol–water partition coefficient (Wildman–Crippen LogP) is 1.17. The Hall–Kier alpha value is -0.970. The Morgan fingerprint density at radius 1 is 1.47 bits per heavy atom. The third-order valence-corrected chi connectivity index (χ3v) is 2.09. The number of carbonyl (C=O) groups is 1. The minimum atomic E-state index is -2.85. The van der Waals surface area contributed by atoms with E-state index < -0.39 is 22.4 Å². The Balaban J connectivity index is 0. The first-order valence-electron chi connectivity index (χ1n) is 3.41. The molecular formula is C6H11NO6P2+2. The van der Waals surface area contributed by atoms with Gasteiger partial charge in [0.05, 0.1) is 0 Å². The molecule has 1 amide bonds. The average Bonchev–Trinajstić information content (AvgIpc) is 2.14. The van der Waals surface area contributed by atoms with Crippen molar-refractivity contribution in [2.24, 2.45) is 5.73 Å². The molecule has 0 saturated heterocycles. The molecule has 0 aromatic carbocycles. The van der Waals surface area contributed by atoms with Gasteiger partial charge in [-0.2, -0.15) is 0 Å². The predicted molar refractivity (Wildman–Crippen MR) is 54.1 cm³/mol. The summed E-state index contributed by atoms with van der Waals surface area (Å²) in [5, 5.41) is 0. The molecule has 3 N–H and O–H groups in total. The third-order valence-electron chi connectivity index (χ3n) is 0.635. The van der Waals surface area contributed by atoms with Gasteiger partial charge in [0, 0.05) is 9.13 Å². The Morgan fingerprint density at radius 3 is 2.20 bits per heavy atom. The molecular weight excluding hydrogens is 244 g/mol. The van der Waals surface area contributed by atoms with Crippen LogP contribution in [0.15, 0.2) is 25.3 Å². The second-order valence-corrected chi connectivity index (χ2v) is 3.57. The van der Waals surface area contributed by atoms with E-state index in [1.54, 1.807) is 0 Å². The molecule has 15 heavy (non-hydrogen) atoms. The molecule has 2 atom stereocenters. The van der Waals surface area contributed by atoms with Gasteiger partial charge in [0.2, 0.25) is 5.91 Å². The number of hydrogen-bond donors (Lipinski definition) is 2. The zero-order chi connectivity index (χ0) is 12.3. The fourth-order valence-corrected chi connectivity index (χ4v) is 1.07. The fraction of sp³-hybridized carbons (Fsp3) is 0.167. The summed E-state index contributed by atoms with van der Waals surface area (Å²) in [4.78, 5) is 17.5. The summed E-state index contributed by atoms with van der Waals surface area (Å²) in [7, 11) is -5.33. The minimum Gasteiger partial charge on any atom is -0.366 e. The molecule has 0 aliphatic heterocycles. The number of nitrogens with two attached hydrogens (primary N) is 1. The smallest absolute Gasteiger partial charge is 0.366 e. The fourth-order valence-electron chi connectivity index (χ4n) is 0.194. The van der Waals surface area contributed by atoms with Crippen LogP contribution in [0, 0.1) is 0 Å². The van der Waals surface area contributed by atoms with E-state index in [4.69, 9.17) is 4.89 Å². The third kappa shape index (κ3) is 19.4. The minimum absolute atomic E-state index is 0.0262. The Labute approximate surface area is 88.5 Å². The normalized spacial score (nSPS) is 10.5. The summed E-state index contributed by atoms with van der Waals surface area (Å²) in [6.07, 6.45) is 2.40. The molecule has 0 fully saturated rings. The van der Waals surface area contributed by atoms with Gasteiger partial charge in [-0.1, -0.05) is 12.7 Å². The average molecular weight is 255 g/mol. The second kappa shape index (κ2) is 11.1. The number of carbonyl (C=O) groups excluding carboxylic acids is 1. The molecule has 0 heterocycles. The summed E-state index contributed by atoms with van der Waals surface area (Å²) in [5.74, 6) is -0.481. The quantitative estimate of drug-likeness (QED) is 0.418. The van der Waals surface area contributed by atoms with E-state index in [2.05, 4.69) is 27.7 Å². The molecule has 0 saturated carbocycles. The van der Waals surface area contributed by atoms with E-state index in [0.29, 0.717) is 0 Å². The first-order chi connectivity index (χ1) is 6.93. The van der Waals surface area contributed by atoms with Gasteiger partial charge in [-0.25, -0.2) is 0 Å². The topological polar surface area (TPSA) is 116 Å². The van der Waals surface area contributed by atoms with E-state index in [-0.39, 0.29) is 6.61 Å². The van der Waals surface area contributed by atoms with Crippen LogP contribution in [0.4, 0.5) is 0 Å². The van der Waals surface area contributed by atoms with Crippen LogP contribution >= 0.6 is 16.5 Å². The van der Waals surface area contributed by atoms with Crippen molar-refractivity contribution in [1.29, 1.82) is 0 Å². The second-order valence-electron chi connectivity index (χ2n) is 1.73. The van der Waals surface area contributed by atoms with Crippen molar-refractivity contribution in [1.82, 2.24) is 0 Å². The van der Waals surface area contributed by atoms with E-state index in [9.17, 15) is 13.9 Å². The zero-order valence-corrected chi connectivity index (χ0v) is 9.53. The van der Waals surface area contributed by atoms with Crippen molar-refractivity contribution in [3.63, 3.8) is 0 Å². The maximum absolute atomic E-state index is 10.3. The SMILES string of the molecule is C=CC(N)=O.C=CCO[P+](=O)O[P+](=O)O. The first-order valence-corrected chi connectivity index (χ1v) is 5.63. The molecule has 2 unspecified atom stereocenters. The van der Waals surface area contributed by atoms with E-state index in [1.807, 2.05) is 0 Å². The lowest BCUT2D eigenvalue weighted by Gasteiger charge is -1.73. The highest BCUT2D eigenvalue weighted by atomic mass is 31.2. The van der Waals surface area contributed by atoms with Gasteiger partial charge in [-0.15, -0.1) is 16.0 Å². The molecule has 0 aromatic heterocycles. The monoisotopic (exact) mass is 255 g/mol. The van der Waals surface area contributed by atoms with Crippen LogP contribution in [0.2, 0.25) is 0 Å². The summed E-state index contributed by atoms with van der Waals surface area (Å²) in [6.45, 7) is 6.38. The van der Waals surface area contributed by atoms with Crippen molar-refractivity contribution >= 4 is 22.4 Å². The van der Waals surface area contributed by atoms with Gasteiger partial charge in [-0.3, -0.25) is 4.79 Å². The number of rotatable bonds is 6. The summed E-state index contributed by atoms with van der Waals surface area (Å²) >= 11 is 0. The van der Waals surface area contributed by atoms with Crippen LogP contribution in [0.1, 0.15) is 0 Å². The zero-order valence-electron chi connectivity index (χ0n) is 7.74. The Morgan fingerprint density at radius 2 is 1.93 bits per heavy atom. The van der Waals surface area contributed by atoms with Crippen molar-refractivity contribution in [3.8, 4) is 0 Å². The van der Waals surface area contributed by atoms with Gasteiger partial charge >= 0.3 is 16.5 Å². The number of primary amides is 1. The highest BCUT2D eigenvalue weighted by Gasteiger charge is 2.35. The molecule has 7 nitrogen and oxygen atoms in total. The van der Waals surface area contributed by atoms with Gasteiger partial charge in [0.15, 0.2) is 4.31 Å². The molecule has 84 valence electrons. The molecule has 0 aliphatic rings. The van der Waals surface area contributed by atoms with Crippen LogP contribution in [-0.2, 0) is 22.8 Å². The number of hydrogen-bond acceptors (Lipinski definition) is 5. The Kier molecular flexibility index (Phi) is 12.2. The largest absolute Gasteiger partial charge is 0.748 e. The summed E-state index contributed by atoms with van der Waals surface area (Å²) in [6, 6.07) is 0. The van der Waals surface area contributed by atoms with Crippen LogP contribution in [0.25, 0.3) is 0 Å². The molecule has 0 rings (SSSR count). The van der Waals surface area contributed by atoms with Gasteiger partial charge < -0.3 is 5.73 Å². The molecule has 0 aromatic rings. The molecule has 0 spiro atoms. The maximum Gasteiger partial charge on any atom is 0.748 e. The molecule has 0 bridgehead atoms. The van der Waals surface area contributed by atoms with E-state index in [0.717, 1.165) is 6.08 Å². The van der Waals surface area contributed by atoms with Crippen molar-refractivity contribution in [3.05, 3.63) is 25.3 Å². The highest BCUT2D eigenvalue weighted by molar-refractivity contribution is 7.47. The highest BCUT2D eigenvalue weighted by Crippen LogP contribution is 2.35. The molecule has 0 aliphatic carbocycles. The lowest BCUT2D eigenvalue weighted by Crippen LogP contribution is -2.04. The lowest BCUT2D eigenvalue weighted by molar-refractivity contribution is -0.113. The first kappa shape index (κ1) is 16.5. The summed E-state index contributed by atoms with van der Waals surface area (Å²) < 4.78 is 28.3. The molecule has 9 heteroatoms. The van der Waals surface area contributed by atoms with Crippen LogP contribution in [0.5, 0.6) is 0 Å². The van der Waals surface area contributed by atoms with Crippen LogP contribution < -0.4 is 5.73 Å².